The molecule has 10 heteroatoms. The number of anilines is 1. The van der Waals surface area contributed by atoms with Gasteiger partial charge in [-0.3, -0.25) is 5.41 Å². The summed E-state index contributed by atoms with van der Waals surface area (Å²) in [6.45, 7) is 3.96. The summed E-state index contributed by atoms with van der Waals surface area (Å²) in [5.74, 6) is -0.187. The summed E-state index contributed by atoms with van der Waals surface area (Å²) < 4.78 is 29.8. The summed E-state index contributed by atoms with van der Waals surface area (Å²) >= 11 is 3.98. The van der Waals surface area contributed by atoms with E-state index in [9.17, 15) is 8.78 Å². The molecule has 0 aliphatic rings. The van der Waals surface area contributed by atoms with Crippen molar-refractivity contribution in [2.24, 2.45) is 16.5 Å². The van der Waals surface area contributed by atoms with Crippen LogP contribution in [-0.4, -0.2) is 14.1 Å². The molecular weight excluding hydrogens is 664 g/mol. The average Bonchev–Trinajstić information content (AvgIpc) is 3.09. The molecule has 2 aromatic carbocycles. The quantitative estimate of drug-likeness (QED) is 0.101. The van der Waals surface area contributed by atoms with Gasteiger partial charge < -0.3 is 21.4 Å². The molecule has 0 amide bonds. The second-order valence-electron chi connectivity index (χ2n) is 6.96. The van der Waals surface area contributed by atoms with Gasteiger partial charge in [0.2, 0.25) is 0 Å². The lowest BCUT2D eigenvalue weighted by Crippen LogP contribution is -2.10. The maximum absolute atomic E-state index is 13.5. The van der Waals surface area contributed by atoms with Gasteiger partial charge in [-0.25, -0.2) is 13.8 Å². The van der Waals surface area contributed by atoms with Gasteiger partial charge in [0.25, 0.3) is 0 Å². The van der Waals surface area contributed by atoms with E-state index in [4.69, 9.17) is 16.9 Å². The van der Waals surface area contributed by atoms with Gasteiger partial charge in [0.05, 0.1) is 15.1 Å². The second-order valence-corrected chi connectivity index (χ2v) is 9.23. The number of allylic oxidation sites excluding steroid dienone is 1. The lowest BCUT2D eigenvalue weighted by Gasteiger charge is -2.08. The molecule has 3 rings (SSSR count). The molecule has 34 heavy (non-hydrogen) atoms. The highest BCUT2D eigenvalue weighted by Gasteiger charge is 2.05. The number of nitrogens with two attached hydrogens (primary N) is 2. The molecule has 3 aromatic rings. The molecule has 0 radical (unpaired) electrons. The zero-order chi connectivity index (χ0) is 25.3. The van der Waals surface area contributed by atoms with Crippen LogP contribution >= 0.6 is 45.2 Å². The molecule has 0 unspecified atom stereocenters. The SMILES string of the molecule is Cc1ccc(C)n1C(N)=CC(I)=Nc1ccccc1F.N=C(N)/C=C(/I)Nc1ccccc1F. The third-order valence-electron chi connectivity index (χ3n) is 4.29. The normalized spacial score (nSPS) is 12.1. The fourth-order valence-electron chi connectivity index (χ4n) is 2.82. The Morgan fingerprint density at radius 2 is 1.47 bits per heavy atom. The summed E-state index contributed by atoms with van der Waals surface area (Å²) in [6, 6.07) is 16.7. The number of rotatable bonds is 6. The Morgan fingerprint density at radius 1 is 0.912 bits per heavy atom. The van der Waals surface area contributed by atoms with Crippen molar-refractivity contribution >= 4 is 71.9 Å². The number of nitrogens with zero attached hydrogens (tertiary/aromatic N) is 2. The van der Waals surface area contributed by atoms with Crippen molar-refractivity contribution in [2.45, 2.75) is 13.8 Å². The van der Waals surface area contributed by atoms with Crippen molar-refractivity contribution < 1.29 is 8.78 Å². The van der Waals surface area contributed by atoms with Crippen LogP contribution < -0.4 is 16.8 Å². The summed E-state index contributed by atoms with van der Waals surface area (Å²) in [6.07, 6.45) is 3.14. The average molecular weight is 688 g/mol. The lowest BCUT2D eigenvalue weighted by atomic mass is 10.3. The van der Waals surface area contributed by atoms with Crippen LogP contribution in [0, 0.1) is 30.9 Å². The van der Waals surface area contributed by atoms with Crippen molar-refractivity contribution in [3.05, 3.63) is 99.5 Å². The molecular formula is C24H24F2I2N6. The molecule has 0 spiro atoms. The van der Waals surface area contributed by atoms with Gasteiger partial charge in [-0.15, -0.1) is 0 Å². The summed E-state index contributed by atoms with van der Waals surface area (Å²) in [7, 11) is 0. The molecule has 1 heterocycles. The van der Waals surface area contributed by atoms with Gasteiger partial charge in [0.1, 0.15) is 27.0 Å². The van der Waals surface area contributed by atoms with E-state index in [-0.39, 0.29) is 17.5 Å². The van der Waals surface area contributed by atoms with Crippen molar-refractivity contribution in [3.63, 3.8) is 0 Å². The fourth-order valence-corrected chi connectivity index (χ4v) is 4.02. The van der Waals surface area contributed by atoms with Crippen LogP contribution in [0.2, 0.25) is 0 Å². The fraction of sp³-hybridized carbons (Fsp3) is 0.0833. The maximum Gasteiger partial charge on any atom is 0.148 e. The number of halogens is 4. The number of amidine groups is 1. The molecule has 1 aromatic heterocycles. The summed E-state index contributed by atoms with van der Waals surface area (Å²) in [4.78, 5) is 4.23. The zero-order valence-corrected chi connectivity index (χ0v) is 22.8. The number of hydrogen-bond donors (Lipinski definition) is 4. The van der Waals surface area contributed by atoms with E-state index in [2.05, 4.69) is 10.3 Å². The molecule has 0 atom stereocenters. The Morgan fingerprint density at radius 3 is 2.03 bits per heavy atom. The number of aliphatic imine (C=N–C) groups is 1. The summed E-state index contributed by atoms with van der Waals surface area (Å²) in [5, 5.41) is 9.80. The highest BCUT2D eigenvalue weighted by Crippen LogP contribution is 2.20. The van der Waals surface area contributed by atoms with Crippen molar-refractivity contribution in [3.8, 4) is 0 Å². The van der Waals surface area contributed by atoms with Gasteiger partial charge in [0.15, 0.2) is 0 Å². The second kappa shape index (κ2) is 13.2. The van der Waals surface area contributed by atoms with E-state index in [1.165, 1.54) is 18.2 Å². The van der Waals surface area contributed by atoms with Gasteiger partial charge >= 0.3 is 0 Å². The first-order chi connectivity index (χ1) is 16.1. The van der Waals surface area contributed by atoms with Crippen LogP contribution in [0.5, 0.6) is 0 Å². The van der Waals surface area contributed by atoms with E-state index in [0.29, 0.717) is 24.6 Å². The lowest BCUT2D eigenvalue weighted by molar-refractivity contribution is 0.630. The minimum absolute atomic E-state index is 0.0711. The van der Waals surface area contributed by atoms with E-state index in [0.717, 1.165) is 11.4 Å². The van der Waals surface area contributed by atoms with Crippen molar-refractivity contribution in [1.29, 1.82) is 5.41 Å². The van der Waals surface area contributed by atoms with Gasteiger partial charge in [0, 0.05) is 23.5 Å². The van der Waals surface area contributed by atoms with Crippen LogP contribution in [-0.2, 0) is 0 Å². The Bertz CT molecular complexity index is 1230. The van der Waals surface area contributed by atoms with Crippen LogP contribution in [0.25, 0.3) is 5.82 Å². The maximum atomic E-state index is 13.5. The molecule has 6 nitrogen and oxygen atoms in total. The zero-order valence-electron chi connectivity index (χ0n) is 18.5. The third-order valence-corrected chi connectivity index (χ3v) is 5.42. The largest absolute Gasteiger partial charge is 0.385 e. The van der Waals surface area contributed by atoms with Crippen LogP contribution in [0.3, 0.4) is 0 Å². The number of hydrogen-bond acceptors (Lipinski definition) is 4. The van der Waals surface area contributed by atoms with Gasteiger partial charge in [-0.1, -0.05) is 24.3 Å². The summed E-state index contributed by atoms with van der Waals surface area (Å²) in [5.41, 5.74) is 14.0. The molecule has 0 bridgehead atoms. The highest BCUT2D eigenvalue weighted by molar-refractivity contribution is 14.1. The first kappa shape index (κ1) is 27.5. The molecule has 0 fully saturated rings. The van der Waals surface area contributed by atoms with Crippen LogP contribution in [0.15, 0.2) is 81.5 Å². The minimum atomic E-state index is -0.345. The predicted octanol–water partition coefficient (Wildman–Crippen LogP) is 6.62. The van der Waals surface area contributed by atoms with E-state index in [1.54, 1.807) is 42.5 Å². The van der Waals surface area contributed by atoms with E-state index >= 15 is 0 Å². The monoisotopic (exact) mass is 688 g/mol. The Kier molecular flexibility index (Phi) is 10.7. The molecule has 0 saturated heterocycles. The van der Waals surface area contributed by atoms with Crippen molar-refractivity contribution in [1.82, 2.24) is 4.57 Å². The Hall–Kier alpha value is -2.74. The Balaban J connectivity index is 0.000000257. The molecule has 178 valence electrons. The predicted molar refractivity (Wildman–Crippen MR) is 154 cm³/mol. The number of aryl methyl sites for hydroxylation is 2. The standard InChI is InChI=1S/C15H15FIN3.C9H9FIN3/c1-10-7-8-11(2)20(10)15(18)9-14(17)19-13-6-4-3-5-12(13)16;10-6-3-1-2-4-7(6)14-8(11)5-9(12)13/h3-9H,18H2,1-2H3;1-5,14H,(H3,12,13)/b;8-5-. The highest BCUT2D eigenvalue weighted by atomic mass is 127. The van der Waals surface area contributed by atoms with E-state index in [1.807, 2.05) is 75.7 Å². The Labute approximate surface area is 224 Å². The molecule has 0 aliphatic heterocycles. The van der Waals surface area contributed by atoms with E-state index < -0.39 is 0 Å². The first-order valence-electron chi connectivity index (χ1n) is 9.92. The van der Waals surface area contributed by atoms with Crippen LogP contribution in [0.4, 0.5) is 20.2 Å². The topological polar surface area (TPSA) is 105 Å². The molecule has 0 aliphatic carbocycles. The number of para-hydroxylation sites is 2. The smallest absolute Gasteiger partial charge is 0.148 e. The number of aromatic nitrogens is 1. The van der Waals surface area contributed by atoms with Gasteiger partial charge in [-0.2, -0.15) is 0 Å². The molecule has 6 N–H and O–H groups in total. The first-order valence-corrected chi connectivity index (χ1v) is 12.1. The van der Waals surface area contributed by atoms with Crippen LogP contribution in [0.1, 0.15) is 11.4 Å². The van der Waals surface area contributed by atoms with Gasteiger partial charge in [-0.05, 0) is 95.4 Å². The number of nitrogens with one attached hydrogen (secondary N) is 2. The number of benzene rings is 2. The minimum Gasteiger partial charge on any atom is -0.385 e. The molecule has 0 saturated carbocycles. The van der Waals surface area contributed by atoms with Crippen molar-refractivity contribution in [2.75, 3.05) is 5.32 Å². The third kappa shape index (κ3) is 8.56.